The van der Waals surface area contributed by atoms with Crippen molar-refractivity contribution >= 4 is 5.91 Å². The van der Waals surface area contributed by atoms with Crippen LogP contribution < -0.4 is 10.6 Å². The van der Waals surface area contributed by atoms with E-state index in [2.05, 4.69) is 15.7 Å². The second-order valence-corrected chi connectivity index (χ2v) is 7.05. The summed E-state index contributed by atoms with van der Waals surface area (Å²) in [7, 11) is 1.97. The highest BCUT2D eigenvalue weighted by molar-refractivity contribution is 5.84. The number of aromatic nitrogens is 2. The number of carbonyl (C=O) groups excluding carboxylic acids is 1. The molecule has 1 amide bonds. The van der Waals surface area contributed by atoms with E-state index in [9.17, 15) is 4.79 Å². The fraction of sp³-hybridized carbons (Fsp3) is 0.750. The Hall–Kier alpha value is -1.36. The summed E-state index contributed by atoms with van der Waals surface area (Å²) in [4.78, 5) is 12.5. The van der Waals surface area contributed by atoms with Gasteiger partial charge < -0.3 is 10.6 Å². The van der Waals surface area contributed by atoms with Crippen LogP contribution in [0.5, 0.6) is 0 Å². The molecule has 21 heavy (non-hydrogen) atoms. The molecular weight excluding hydrogens is 264 g/mol. The van der Waals surface area contributed by atoms with E-state index in [0.717, 1.165) is 6.54 Å². The molecule has 1 aromatic rings. The maximum Gasteiger partial charge on any atom is 0.238 e. The normalized spacial score (nSPS) is 26.8. The van der Waals surface area contributed by atoms with Crippen molar-refractivity contribution in [1.82, 2.24) is 20.4 Å². The summed E-state index contributed by atoms with van der Waals surface area (Å²) in [6.45, 7) is 1.62. The molecule has 0 radical (unpaired) electrons. The number of rotatable bonds is 4. The van der Waals surface area contributed by atoms with Crippen LogP contribution in [0.1, 0.15) is 55.7 Å². The minimum absolute atomic E-state index is 0.0256. The lowest BCUT2D eigenvalue weighted by atomic mass is 9.71. The van der Waals surface area contributed by atoms with Gasteiger partial charge in [-0.15, -0.1) is 0 Å². The summed E-state index contributed by atoms with van der Waals surface area (Å²) >= 11 is 0. The number of amides is 1. The summed E-state index contributed by atoms with van der Waals surface area (Å²) in [5, 5.41) is 10.8. The topological polar surface area (TPSA) is 59.0 Å². The third kappa shape index (κ3) is 2.18. The molecular formula is C16H24N4O. The van der Waals surface area contributed by atoms with E-state index >= 15 is 0 Å². The van der Waals surface area contributed by atoms with Crippen LogP contribution in [0, 0.1) is 5.41 Å². The van der Waals surface area contributed by atoms with Crippen molar-refractivity contribution in [2.24, 2.45) is 12.5 Å². The van der Waals surface area contributed by atoms with E-state index in [1.54, 1.807) is 0 Å². The van der Waals surface area contributed by atoms with Gasteiger partial charge in [0.2, 0.25) is 5.91 Å². The van der Waals surface area contributed by atoms with Crippen LogP contribution in [0.15, 0.2) is 6.20 Å². The smallest absolute Gasteiger partial charge is 0.238 e. The fourth-order valence-electron chi connectivity index (χ4n) is 4.11. The summed E-state index contributed by atoms with van der Waals surface area (Å²) in [5.74, 6) is 0.847. The van der Waals surface area contributed by atoms with E-state index in [4.69, 9.17) is 0 Å². The molecule has 1 spiro atoms. The first-order valence-corrected chi connectivity index (χ1v) is 8.21. The lowest BCUT2D eigenvalue weighted by Crippen LogP contribution is -2.67. The zero-order chi connectivity index (χ0) is 14.4. The van der Waals surface area contributed by atoms with Crippen LogP contribution in [0.2, 0.25) is 0 Å². The van der Waals surface area contributed by atoms with Gasteiger partial charge in [0.15, 0.2) is 0 Å². The molecule has 5 heteroatoms. The number of hydrogen-bond donors (Lipinski definition) is 2. The number of nitrogens with one attached hydrogen (secondary N) is 2. The molecule has 2 heterocycles. The first-order chi connectivity index (χ1) is 10.2. The quantitative estimate of drug-likeness (QED) is 0.881. The van der Waals surface area contributed by atoms with Gasteiger partial charge in [-0.05, 0) is 37.2 Å². The van der Waals surface area contributed by atoms with Gasteiger partial charge in [-0.2, -0.15) is 5.10 Å². The van der Waals surface area contributed by atoms with Gasteiger partial charge in [-0.3, -0.25) is 9.48 Å². The molecule has 1 aromatic heterocycles. The van der Waals surface area contributed by atoms with E-state index in [0.29, 0.717) is 12.5 Å². The number of aryl methyl sites for hydroxylation is 1. The van der Waals surface area contributed by atoms with Crippen molar-refractivity contribution in [3.63, 3.8) is 0 Å². The molecule has 1 atom stereocenters. The number of carbonyl (C=O) groups is 1. The molecule has 0 bridgehead atoms. The Labute approximate surface area is 125 Å². The highest BCUT2D eigenvalue weighted by Crippen LogP contribution is 2.45. The Bertz CT molecular complexity index is 555. The van der Waals surface area contributed by atoms with Gasteiger partial charge in [0.1, 0.15) is 0 Å². The van der Waals surface area contributed by atoms with Crippen LogP contribution in [0.4, 0.5) is 0 Å². The Kier molecular flexibility index (Phi) is 3.06. The second kappa shape index (κ2) is 4.83. The van der Waals surface area contributed by atoms with Gasteiger partial charge >= 0.3 is 0 Å². The Morgan fingerprint density at radius 1 is 1.48 bits per heavy atom. The van der Waals surface area contributed by atoms with Crippen molar-refractivity contribution in [3.8, 4) is 0 Å². The summed E-state index contributed by atoms with van der Waals surface area (Å²) in [6.07, 6.45) is 9.46. The maximum absolute atomic E-state index is 12.5. The molecule has 2 aliphatic carbocycles. The molecule has 3 aliphatic rings. The van der Waals surface area contributed by atoms with Crippen LogP contribution in [0.25, 0.3) is 0 Å². The van der Waals surface area contributed by atoms with E-state index in [-0.39, 0.29) is 17.4 Å². The molecule has 2 saturated carbocycles. The van der Waals surface area contributed by atoms with Crippen LogP contribution in [0.3, 0.4) is 0 Å². The molecule has 2 N–H and O–H groups in total. The molecule has 5 nitrogen and oxygen atoms in total. The van der Waals surface area contributed by atoms with Crippen molar-refractivity contribution in [3.05, 3.63) is 17.5 Å². The molecule has 1 unspecified atom stereocenters. The maximum atomic E-state index is 12.5. The van der Waals surface area contributed by atoms with Gasteiger partial charge in [0, 0.05) is 19.0 Å². The molecule has 4 rings (SSSR count). The predicted molar refractivity (Wildman–Crippen MR) is 79.7 cm³/mol. The Morgan fingerprint density at radius 3 is 2.86 bits per heavy atom. The number of nitrogens with zero attached hydrogens (tertiary/aromatic N) is 2. The van der Waals surface area contributed by atoms with Gasteiger partial charge in [0.05, 0.1) is 24.5 Å². The first-order valence-electron chi connectivity index (χ1n) is 8.21. The van der Waals surface area contributed by atoms with Gasteiger partial charge in [-0.1, -0.05) is 12.8 Å². The highest BCUT2D eigenvalue weighted by atomic mass is 16.2. The Morgan fingerprint density at radius 2 is 2.24 bits per heavy atom. The summed E-state index contributed by atoms with van der Waals surface area (Å²) in [5.41, 5.74) is 2.76. The monoisotopic (exact) mass is 288 g/mol. The van der Waals surface area contributed by atoms with E-state index < -0.39 is 0 Å². The lowest BCUT2D eigenvalue weighted by Gasteiger charge is -2.47. The van der Waals surface area contributed by atoms with Gasteiger partial charge in [-0.25, -0.2) is 0 Å². The van der Waals surface area contributed by atoms with Gasteiger partial charge in [0.25, 0.3) is 0 Å². The van der Waals surface area contributed by atoms with Crippen molar-refractivity contribution in [2.75, 3.05) is 6.54 Å². The average molecular weight is 288 g/mol. The third-order valence-electron chi connectivity index (χ3n) is 5.67. The standard InChI is InChI=1S/C16H24N4O/c1-20-13(12(8-19-20)11-4-5-11)9-17-15(21)14-16(10-18-14)6-2-3-7-16/h8,11,14,18H,2-7,9-10H2,1H3,(H,17,21). The van der Waals surface area contributed by atoms with E-state index in [1.807, 2.05) is 17.9 Å². The minimum Gasteiger partial charge on any atom is -0.349 e. The highest BCUT2D eigenvalue weighted by Gasteiger charge is 2.51. The summed E-state index contributed by atoms with van der Waals surface area (Å²) in [6, 6.07) is 0.0256. The van der Waals surface area contributed by atoms with Crippen molar-refractivity contribution in [1.29, 1.82) is 0 Å². The van der Waals surface area contributed by atoms with Crippen LogP contribution >= 0.6 is 0 Å². The Balaban J connectivity index is 1.41. The van der Waals surface area contributed by atoms with E-state index in [1.165, 1.54) is 49.8 Å². The molecule has 1 aliphatic heterocycles. The molecule has 1 saturated heterocycles. The third-order valence-corrected chi connectivity index (χ3v) is 5.67. The fourth-order valence-corrected chi connectivity index (χ4v) is 4.11. The summed E-state index contributed by atoms with van der Waals surface area (Å²) < 4.78 is 1.91. The van der Waals surface area contributed by atoms with Crippen LogP contribution in [-0.4, -0.2) is 28.3 Å². The molecule has 3 fully saturated rings. The molecule has 0 aromatic carbocycles. The number of hydrogen-bond acceptors (Lipinski definition) is 3. The SMILES string of the molecule is Cn1ncc(C2CC2)c1CNC(=O)C1NCC12CCCC2. The minimum atomic E-state index is 0.0256. The lowest BCUT2D eigenvalue weighted by molar-refractivity contribution is -0.130. The average Bonchev–Trinajstić information content (AvgIpc) is 3.03. The largest absolute Gasteiger partial charge is 0.349 e. The second-order valence-electron chi connectivity index (χ2n) is 7.05. The first kappa shape index (κ1) is 13.3. The zero-order valence-corrected chi connectivity index (χ0v) is 12.7. The molecule has 114 valence electrons. The van der Waals surface area contributed by atoms with Crippen molar-refractivity contribution in [2.45, 2.75) is 57.0 Å². The van der Waals surface area contributed by atoms with Crippen molar-refractivity contribution < 1.29 is 4.79 Å². The zero-order valence-electron chi connectivity index (χ0n) is 12.7. The van der Waals surface area contributed by atoms with Crippen LogP contribution in [-0.2, 0) is 18.4 Å². The predicted octanol–water partition coefficient (Wildman–Crippen LogP) is 1.45.